The predicted octanol–water partition coefficient (Wildman–Crippen LogP) is 4.28. The molecule has 0 spiro atoms. The van der Waals surface area contributed by atoms with Gasteiger partial charge in [0.15, 0.2) is 5.13 Å². The van der Waals surface area contributed by atoms with Gasteiger partial charge in [0.05, 0.1) is 5.69 Å². The highest BCUT2D eigenvalue weighted by molar-refractivity contribution is 7.18. The number of hydrogen-bond acceptors (Lipinski definition) is 5. The molecule has 25 heavy (non-hydrogen) atoms. The number of pyridine rings is 1. The van der Waals surface area contributed by atoms with Crippen LogP contribution in [0.2, 0.25) is 0 Å². The Kier molecular flexibility index (Phi) is 4.55. The lowest BCUT2D eigenvalue weighted by molar-refractivity contribution is 0.100. The van der Waals surface area contributed by atoms with Gasteiger partial charge in [-0.15, -0.1) is 0 Å². The standard InChI is InChI=1S/C19H20N4OS/c1-10-8-13(4)21-14(9-10)22-19-23-16(17(25-19)18(20)24)15-11(2)6-5-7-12(15)3/h5-9H,1-4H3,(H2,20,24)(H,21,22,23). The number of nitrogens with one attached hydrogen (secondary N) is 1. The van der Waals surface area contributed by atoms with Crippen molar-refractivity contribution in [2.45, 2.75) is 27.7 Å². The Balaban J connectivity index is 2.08. The average Bonchev–Trinajstić information content (AvgIpc) is 2.89. The van der Waals surface area contributed by atoms with E-state index in [2.05, 4.69) is 15.3 Å². The molecule has 0 fully saturated rings. The molecule has 1 amide bonds. The molecular formula is C19H20N4OS. The van der Waals surface area contributed by atoms with Crippen LogP contribution in [0.4, 0.5) is 10.9 Å². The second kappa shape index (κ2) is 6.64. The Morgan fingerprint density at radius 1 is 1.08 bits per heavy atom. The quantitative estimate of drug-likeness (QED) is 0.734. The lowest BCUT2D eigenvalue weighted by Gasteiger charge is -2.08. The Hall–Kier alpha value is -2.73. The minimum atomic E-state index is -0.475. The molecule has 2 heterocycles. The van der Waals surface area contributed by atoms with E-state index in [-0.39, 0.29) is 0 Å². The number of nitrogens with zero attached hydrogens (tertiary/aromatic N) is 2. The number of anilines is 2. The van der Waals surface area contributed by atoms with Crippen LogP contribution in [-0.2, 0) is 0 Å². The summed E-state index contributed by atoms with van der Waals surface area (Å²) < 4.78 is 0. The summed E-state index contributed by atoms with van der Waals surface area (Å²) in [7, 11) is 0. The Morgan fingerprint density at radius 2 is 1.76 bits per heavy atom. The molecule has 0 aliphatic heterocycles. The van der Waals surface area contributed by atoms with E-state index in [4.69, 9.17) is 5.73 Å². The summed E-state index contributed by atoms with van der Waals surface area (Å²) in [6.07, 6.45) is 0. The third kappa shape index (κ3) is 3.53. The smallest absolute Gasteiger partial charge is 0.261 e. The number of carbonyl (C=O) groups excluding carboxylic acids is 1. The van der Waals surface area contributed by atoms with Gasteiger partial charge >= 0.3 is 0 Å². The third-order valence-electron chi connectivity index (χ3n) is 3.90. The van der Waals surface area contributed by atoms with E-state index >= 15 is 0 Å². The van der Waals surface area contributed by atoms with Gasteiger partial charge in [-0.2, -0.15) is 0 Å². The molecule has 0 unspecified atom stereocenters. The summed E-state index contributed by atoms with van der Waals surface area (Å²) in [5.74, 6) is 0.229. The minimum Gasteiger partial charge on any atom is -0.365 e. The molecule has 3 aromatic rings. The number of amides is 1. The van der Waals surface area contributed by atoms with Crippen molar-refractivity contribution in [3.63, 3.8) is 0 Å². The van der Waals surface area contributed by atoms with Gasteiger partial charge in [-0.25, -0.2) is 9.97 Å². The molecule has 6 heteroatoms. The number of aromatic nitrogens is 2. The SMILES string of the molecule is Cc1cc(C)nc(Nc2nc(-c3c(C)cccc3C)c(C(N)=O)s2)c1. The van der Waals surface area contributed by atoms with Crippen molar-refractivity contribution in [1.82, 2.24) is 9.97 Å². The predicted molar refractivity (Wildman–Crippen MR) is 103 cm³/mol. The summed E-state index contributed by atoms with van der Waals surface area (Å²) in [5, 5.41) is 3.80. The number of nitrogens with two attached hydrogens (primary N) is 1. The minimum absolute atomic E-state index is 0.448. The largest absolute Gasteiger partial charge is 0.365 e. The molecule has 0 radical (unpaired) electrons. The van der Waals surface area contributed by atoms with Gasteiger partial charge in [0.2, 0.25) is 0 Å². The second-order valence-corrected chi connectivity index (χ2v) is 7.12. The molecule has 3 N–H and O–H groups in total. The number of hydrogen-bond donors (Lipinski definition) is 2. The van der Waals surface area contributed by atoms with Gasteiger partial charge in [0.25, 0.3) is 5.91 Å². The van der Waals surface area contributed by atoms with Crippen LogP contribution in [0.5, 0.6) is 0 Å². The Morgan fingerprint density at radius 3 is 2.36 bits per heavy atom. The number of carbonyl (C=O) groups is 1. The molecule has 128 valence electrons. The summed E-state index contributed by atoms with van der Waals surface area (Å²) >= 11 is 1.25. The van der Waals surface area contributed by atoms with E-state index in [1.807, 2.05) is 58.0 Å². The number of thiazole rings is 1. The molecule has 0 aliphatic carbocycles. The van der Waals surface area contributed by atoms with Gasteiger partial charge in [-0.3, -0.25) is 4.79 Å². The summed E-state index contributed by atoms with van der Waals surface area (Å²) in [5.41, 5.74) is 11.3. The number of aryl methyl sites for hydroxylation is 4. The van der Waals surface area contributed by atoms with Crippen molar-refractivity contribution < 1.29 is 4.79 Å². The molecular weight excluding hydrogens is 332 g/mol. The molecule has 0 bridgehead atoms. The van der Waals surface area contributed by atoms with E-state index in [1.54, 1.807) is 0 Å². The van der Waals surface area contributed by atoms with Crippen molar-refractivity contribution in [3.05, 3.63) is 57.6 Å². The normalized spacial score (nSPS) is 10.7. The van der Waals surface area contributed by atoms with Crippen molar-refractivity contribution >= 4 is 28.2 Å². The van der Waals surface area contributed by atoms with Crippen LogP contribution in [0, 0.1) is 27.7 Å². The van der Waals surface area contributed by atoms with Crippen LogP contribution in [-0.4, -0.2) is 15.9 Å². The first kappa shape index (κ1) is 17.1. The average molecular weight is 352 g/mol. The van der Waals surface area contributed by atoms with Gasteiger partial charge in [-0.1, -0.05) is 29.5 Å². The van der Waals surface area contributed by atoms with Crippen molar-refractivity contribution in [1.29, 1.82) is 0 Å². The zero-order chi connectivity index (χ0) is 18.1. The van der Waals surface area contributed by atoms with E-state index in [0.29, 0.717) is 21.5 Å². The van der Waals surface area contributed by atoms with Gasteiger partial charge in [0, 0.05) is 11.3 Å². The third-order valence-corrected chi connectivity index (χ3v) is 4.89. The monoisotopic (exact) mass is 352 g/mol. The van der Waals surface area contributed by atoms with Gasteiger partial charge < -0.3 is 11.1 Å². The Bertz CT molecular complexity index is 922. The molecule has 0 saturated heterocycles. The second-order valence-electron chi connectivity index (χ2n) is 6.12. The molecule has 0 aliphatic rings. The van der Waals surface area contributed by atoms with Crippen LogP contribution in [0.25, 0.3) is 11.3 Å². The number of benzene rings is 1. The van der Waals surface area contributed by atoms with E-state index in [9.17, 15) is 4.79 Å². The van der Waals surface area contributed by atoms with Crippen molar-refractivity contribution in [2.75, 3.05) is 5.32 Å². The fraction of sp³-hybridized carbons (Fsp3) is 0.211. The van der Waals surface area contributed by atoms with Gasteiger partial charge in [0.1, 0.15) is 10.7 Å². The molecule has 5 nitrogen and oxygen atoms in total. The van der Waals surface area contributed by atoms with E-state index in [0.717, 1.165) is 27.9 Å². The number of primary amides is 1. The maximum absolute atomic E-state index is 11.9. The van der Waals surface area contributed by atoms with E-state index in [1.165, 1.54) is 11.3 Å². The summed E-state index contributed by atoms with van der Waals surface area (Å²) in [6, 6.07) is 9.94. The highest BCUT2D eigenvalue weighted by atomic mass is 32.1. The highest BCUT2D eigenvalue weighted by Crippen LogP contribution is 2.35. The van der Waals surface area contributed by atoms with E-state index < -0.39 is 5.91 Å². The Labute approximate surface area is 151 Å². The first-order valence-electron chi connectivity index (χ1n) is 7.94. The molecule has 0 atom stereocenters. The van der Waals surface area contributed by atoms with Crippen LogP contribution in [0.3, 0.4) is 0 Å². The van der Waals surface area contributed by atoms with Crippen LogP contribution in [0.1, 0.15) is 32.1 Å². The highest BCUT2D eigenvalue weighted by Gasteiger charge is 2.20. The zero-order valence-electron chi connectivity index (χ0n) is 14.7. The number of rotatable bonds is 4. The lowest BCUT2D eigenvalue weighted by Crippen LogP contribution is -2.10. The molecule has 0 saturated carbocycles. The molecule has 1 aromatic carbocycles. The van der Waals surface area contributed by atoms with Crippen LogP contribution in [0.15, 0.2) is 30.3 Å². The van der Waals surface area contributed by atoms with Crippen molar-refractivity contribution in [3.8, 4) is 11.3 Å². The molecule has 2 aromatic heterocycles. The van der Waals surface area contributed by atoms with Crippen LogP contribution >= 0.6 is 11.3 Å². The maximum Gasteiger partial charge on any atom is 0.261 e. The van der Waals surface area contributed by atoms with Crippen LogP contribution < -0.4 is 11.1 Å². The fourth-order valence-corrected chi connectivity index (χ4v) is 3.74. The lowest BCUT2D eigenvalue weighted by atomic mass is 9.99. The first-order valence-corrected chi connectivity index (χ1v) is 8.76. The van der Waals surface area contributed by atoms with Crippen molar-refractivity contribution in [2.24, 2.45) is 5.73 Å². The molecule has 3 rings (SSSR count). The summed E-state index contributed by atoms with van der Waals surface area (Å²) in [4.78, 5) is 21.5. The fourth-order valence-electron chi connectivity index (χ4n) is 2.91. The first-order chi connectivity index (χ1) is 11.8. The zero-order valence-corrected chi connectivity index (χ0v) is 15.5. The maximum atomic E-state index is 11.9. The van der Waals surface area contributed by atoms with Gasteiger partial charge in [-0.05, 0) is 56.5 Å². The summed E-state index contributed by atoms with van der Waals surface area (Å²) in [6.45, 7) is 7.96. The topological polar surface area (TPSA) is 80.9 Å².